The first kappa shape index (κ1) is 15.2. The molecule has 1 unspecified atom stereocenters. The number of hydrogen-bond acceptors (Lipinski definition) is 3. The quantitative estimate of drug-likeness (QED) is 0.857. The Hall–Kier alpha value is -0.200. The van der Waals surface area contributed by atoms with Crippen LogP contribution in [0.5, 0.6) is 0 Å². The summed E-state index contributed by atoms with van der Waals surface area (Å²) in [4.78, 5) is 2.43. The van der Waals surface area contributed by atoms with Gasteiger partial charge < -0.3 is 5.32 Å². The van der Waals surface area contributed by atoms with Crippen LogP contribution >= 0.6 is 23.1 Å². The van der Waals surface area contributed by atoms with Gasteiger partial charge in [-0.05, 0) is 36.8 Å². The molecule has 0 bridgehead atoms. The lowest BCUT2D eigenvalue weighted by Gasteiger charge is -2.17. The minimum absolute atomic E-state index is 0.129. The normalized spacial score (nSPS) is 17.3. The van der Waals surface area contributed by atoms with Gasteiger partial charge in [-0.25, -0.2) is 0 Å². The summed E-state index contributed by atoms with van der Waals surface area (Å²) >= 11 is 3.59. The van der Waals surface area contributed by atoms with Crippen LogP contribution in [0.4, 0.5) is 13.2 Å². The van der Waals surface area contributed by atoms with Crippen molar-refractivity contribution in [3.8, 4) is 0 Å². The van der Waals surface area contributed by atoms with Crippen LogP contribution in [-0.4, -0.2) is 18.5 Å². The zero-order valence-electron chi connectivity index (χ0n) is 10.8. The molecule has 2 heterocycles. The van der Waals surface area contributed by atoms with E-state index in [1.807, 2.05) is 18.7 Å². The first-order valence-electron chi connectivity index (χ1n) is 6.49. The summed E-state index contributed by atoms with van der Waals surface area (Å²) < 4.78 is 37.1. The molecule has 0 amide bonds. The monoisotopic (exact) mass is 309 g/mol. The maximum Gasteiger partial charge on any atom is 0.389 e. The second-order valence-electron chi connectivity index (χ2n) is 4.66. The molecule has 0 radical (unpaired) electrons. The minimum Gasteiger partial charge on any atom is -0.310 e. The second-order valence-corrected chi connectivity index (χ2v) is 6.94. The predicted octanol–water partition coefficient (Wildman–Crippen LogP) is 4.53. The second kappa shape index (κ2) is 6.50. The van der Waals surface area contributed by atoms with Gasteiger partial charge in [-0.2, -0.15) is 24.9 Å². The number of aryl methyl sites for hydroxylation is 1. The summed E-state index contributed by atoms with van der Waals surface area (Å²) in [5.41, 5.74) is 1.33. The fraction of sp³-hybridized carbons (Fsp3) is 0.692. The average Bonchev–Trinajstić information content (AvgIpc) is 2.76. The Morgan fingerprint density at radius 3 is 2.84 bits per heavy atom. The minimum atomic E-state index is -4.07. The maximum absolute atomic E-state index is 12.4. The van der Waals surface area contributed by atoms with Crippen molar-refractivity contribution in [2.75, 3.05) is 12.3 Å². The summed E-state index contributed by atoms with van der Waals surface area (Å²) in [6.45, 7) is 2.63. The van der Waals surface area contributed by atoms with Crippen LogP contribution in [0.2, 0.25) is 0 Å². The lowest BCUT2D eigenvalue weighted by atomic mass is 10.1. The van der Waals surface area contributed by atoms with Gasteiger partial charge >= 0.3 is 6.18 Å². The molecular formula is C13H18F3NS2. The van der Waals surface area contributed by atoms with Crippen LogP contribution in [0.25, 0.3) is 0 Å². The van der Waals surface area contributed by atoms with Gasteiger partial charge in [0.15, 0.2) is 0 Å². The Bertz CT molecular complexity index is 391. The molecule has 0 saturated carbocycles. The van der Waals surface area contributed by atoms with E-state index in [-0.39, 0.29) is 12.5 Å². The van der Waals surface area contributed by atoms with Crippen molar-refractivity contribution >= 4 is 23.1 Å². The third kappa shape index (κ3) is 4.39. The van der Waals surface area contributed by atoms with Crippen molar-refractivity contribution < 1.29 is 13.2 Å². The molecule has 19 heavy (non-hydrogen) atoms. The van der Waals surface area contributed by atoms with Gasteiger partial charge in [0.05, 0.1) is 0 Å². The lowest BCUT2D eigenvalue weighted by molar-refractivity contribution is -0.136. The Labute approximate surface area is 120 Å². The number of rotatable bonds is 5. The molecule has 1 aromatic heterocycles. The Morgan fingerprint density at radius 2 is 2.21 bits per heavy atom. The Balaban J connectivity index is 2.07. The van der Waals surface area contributed by atoms with Crippen LogP contribution in [0.15, 0.2) is 6.07 Å². The molecule has 1 aliphatic heterocycles. The number of thiophene rings is 1. The van der Waals surface area contributed by atoms with Crippen LogP contribution in [0.3, 0.4) is 0 Å². The van der Waals surface area contributed by atoms with Crippen molar-refractivity contribution in [3.63, 3.8) is 0 Å². The molecule has 108 valence electrons. The Kier molecular flexibility index (Phi) is 5.20. The van der Waals surface area contributed by atoms with E-state index in [2.05, 4.69) is 11.4 Å². The average molecular weight is 309 g/mol. The number of halogens is 3. The highest BCUT2D eigenvalue weighted by Gasteiger charge is 2.29. The summed E-state index contributed by atoms with van der Waals surface area (Å²) in [5, 5.41) is 3.18. The van der Waals surface area contributed by atoms with Gasteiger partial charge in [-0.3, -0.25) is 0 Å². The van der Waals surface area contributed by atoms with Gasteiger partial charge in [0.25, 0.3) is 0 Å². The van der Waals surface area contributed by atoms with E-state index >= 15 is 0 Å². The first-order valence-corrected chi connectivity index (χ1v) is 8.46. The van der Waals surface area contributed by atoms with Crippen LogP contribution in [0.1, 0.15) is 41.1 Å². The zero-order chi connectivity index (χ0) is 13.9. The summed E-state index contributed by atoms with van der Waals surface area (Å²) in [5.74, 6) is 2.13. The molecule has 1 atom stereocenters. The van der Waals surface area contributed by atoms with Crippen molar-refractivity contribution in [1.29, 1.82) is 0 Å². The number of hydrogen-bond donors (Lipinski definition) is 1. The summed E-state index contributed by atoms with van der Waals surface area (Å²) in [7, 11) is 0. The molecule has 0 aromatic carbocycles. The smallest absolute Gasteiger partial charge is 0.310 e. The van der Waals surface area contributed by atoms with Gasteiger partial charge in [0.2, 0.25) is 0 Å². The molecule has 1 aromatic rings. The van der Waals surface area contributed by atoms with E-state index in [0.29, 0.717) is 6.54 Å². The molecule has 1 N–H and O–H groups in total. The van der Waals surface area contributed by atoms with Crippen molar-refractivity contribution in [2.45, 2.75) is 44.2 Å². The van der Waals surface area contributed by atoms with E-state index in [4.69, 9.17) is 0 Å². The summed E-state index contributed by atoms with van der Waals surface area (Å²) in [6, 6.07) is 1.95. The third-order valence-corrected chi connectivity index (χ3v) is 5.52. The largest absolute Gasteiger partial charge is 0.389 e. The van der Waals surface area contributed by atoms with Crippen molar-refractivity contribution in [2.24, 2.45) is 0 Å². The van der Waals surface area contributed by atoms with Crippen LogP contribution in [0, 0.1) is 0 Å². The van der Waals surface area contributed by atoms with Crippen LogP contribution in [-0.2, 0) is 12.2 Å². The first-order chi connectivity index (χ1) is 8.99. The molecular weight excluding hydrogens is 291 g/mol. The van der Waals surface area contributed by atoms with Gasteiger partial charge in [0.1, 0.15) is 0 Å². The van der Waals surface area contributed by atoms with E-state index in [0.717, 1.165) is 22.8 Å². The number of thioether (sulfide) groups is 1. The fourth-order valence-electron chi connectivity index (χ4n) is 2.24. The number of fused-ring (bicyclic) bond motifs is 1. The topological polar surface area (TPSA) is 12.0 Å². The van der Waals surface area contributed by atoms with Gasteiger partial charge in [0, 0.05) is 28.0 Å². The van der Waals surface area contributed by atoms with Crippen molar-refractivity contribution in [1.82, 2.24) is 5.32 Å². The van der Waals surface area contributed by atoms with Crippen molar-refractivity contribution in [3.05, 3.63) is 21.4 Å². The number of nitrogens with one attached hydrogen (secondary N) is 1. The standard InChI is InChI=1S/C13H18F3NS2/c1-2-17-10(3-5-13(14,15)16)12-7-9-8-18-6-4-11(9)19-12/h7,10,17H,2-6,8H2,1H3. The highest BCUT2D eigenvalue weighted by molar-refractivity contribution is 7.98. The van der Waals surface area contributed by atoms with Gasteiger partial charge in [-0.15, -0.1) is 11.3 Å². The van der Waals surface area contributed by atoms with E-state index in [1.54, 1.807) is 11.3 Å². The Morgan fingerprint density at radius 1 is 1.42 bits per heavy atom. The van der Waals surface area contributed by atoms with E-state index in [1.165, 1.54) is 10.4 Å². The lowest BCUT2D eigenvalue weighted by Crippen LogP contribution is -2.22. The summed E-state index contributed by atoms with van der Waals surface area (Å²) in [6.07, 6.45) is -3.60. The van der Waals surface area contributed by atoms with E-state index in [9.17, 15) is 13.2 Å². The molecule has 1 nitrogen and oxygen atoms in total. The zero-order valence-corrected chi connectivity index (χ0v) is 12.5. The highest BCUT2D eigenvalue weighted by atomic mass is 32.2. The maximum atomic E-state index is 12.4. The number of alkyl halides is 3. The van der Waals surface area contributed by atoms with Gasteiger partial charge in [-0.1, -0.05) is 6.92 Å². The fourth-order valence-corrected chi connectivity index (χ4v) is 4.73. The highest BCUT2D eigenvalue weighted by Crippen LogP contribution is 2.37. The molecule has 0 spiro atoms. The molecule has 6 heteroatoms. The van der Waals surface area contributed by atoms with E-state index < -0.39 is 12.6 Å². The molecule has 2 rings (SSSR count). The SMILES string of the molecule is CCNC(CCC(F)(F)F)c1cc2c(s1)CCSC2. The molecule has 0 fully saturated rings. The molecule has 0 saturated heterocycles. The predicted molar refractivity (Wildman–Crippen MR) is 75.9 cm³/mol. The molecule has 1 aliphatic rings. The van der Waals surface area contributed by atoms with Crippen LogP contribution < -0.4 is 5.32 Å². The third-order valence-electron chi connectivity index (χ3n) is 3.16. The molecule has 0 aliphatic carbocycles.